The molecule has 0 aliphatic rings. The van der Waals surface area contributed by atoms with Gasteiger partial charge in [0, 0.05) is 0 Å². The van der Waals surface area contributed by atoms with Crippen LogP contribution in [0.15, 0.2) is 62.9 Å². The molecule has 0 atom stereocenters. The van der Waals surface area contributed by atoms with Gasteiger partial charge in [-0.05, 0) is 12.2 Å². The first-order chi connectivity index (χ1) is 10.2. The molecule has 0 N–H and O–H groups in total. The van der Waals surface area contributed by atoms with Crippen molar-refractivity contribution in [1.82, 2.24) is 15.0 Å². The van der Waals surface area contributed by atoms with Crippen molar-refractivity contribution in [1.29, 1.82) is 0 Å². The van der Waals surface area contributed by atoms with Crippen molar-refractivity contribution in [2.75, 3.05) is 0 Å². The molecule has 0 aliphatic heterocycles. The van der Waals surface area contributed by atoms with Gasteiger partial charge >= 0.3 is 0 Å². The number of allylic oxidation sites excluding steroid dienone is 6. The fraction of sp³-hybridized carbons (Fsp3) is 0.235. The van der Waals surface area contributed by atoms with Crippen LogP contribution in [0.4, 0.5) is 0 Å². The van der Waals surface area contributed by atoms with Crippen molar-refractivity contribution in [2.24, 2.45) is 0 Å². The van der Waals surface area contributed by atoms with Gasteiger partial charge in [0.25, 0.3) is 0 Å². The lowest BCUT2D eigenvalue weighted by atomic mass is 10.4. The normalized spacial score (nSPS) is 8.29. The smallest absolute Gasteiger partial charge is 0.171 e. The maximum atomic E-state index is 10.3. The van der Waals surface area contributed by atoms with Crippen LogP contribution in [0.25, 0.3) is 5.70 Å². The Kier molecular flexibility index (Phi) is 22.3. The molecular formula is C17H27N3O. The van der Waals surface area contributed by atoms with Crippen LogP contribution in [0.5, 0.6) is 0 Å². The number of aromatic nitrogens is 3. The Morgan fingerprint density at radius 1 is 1.05 bits per heavy atom. The molecule has 1 heterocycles. The van der Waals surface area contributed by atoms with E-state index >= 15 is 0 Å². The standard InChI is InChI=1S/C9H9N3O.C4H6.2C2H6/c1-3-5-9(4-2)12-6-8(7-13)10-11-12;1-3-4-2;2*1-2/h3-7H,1-2H2;3-4H,1-2H2;2*1-2H3/b9-5+;;;. The molecule has 0 aromatic carbocycles. The second-order valence-electron chi connectivity index (χ2n) is 2.71. The number of aldehydes is 1. The Balaban J connectivity index is -0.000000343. The minimum absolute atomic E-state index is 0.289. The molecular weight excluding hydrogens is 262 g/mol. The van der Waals surface area contributed by atoms with Crippen molar-refractivity contribution in [3.63, 3.8) is 0 Å². The van der Waals surface area contributed by atoms with E-state index in [0.717, 1.165) is 5.70 Å². The lowest BCUT2D eigenvalue weighted by Gasteiger charge is -1.96. The van der Waals surface area contributed by atoms with Crippen LogP contribution >= 0.6 is 0 Å². The summed E-state index contributed by atoms with van der Waals surface area (Å²) in [5.41, 5.74) is 1.01. The van der Waals surface area contributed by atoms with Crippen LogP contribution in [0.3, 0.4) is 0 Å². The number of hydrogen-bond donors (Lipinski definition) is 0. The third kappa shape index (κ3) is 12.3. The fourth-order valence-corrected chi connectivity index (χ4v) is 0.816. The first kappa shape index (κ1) is 23.6. The zero-order chi connectivity index (χ0) is 17.1. The van der Waals surface area contributed by atoms with Gasteiger partial charge in [-0.1, -0.05) is 77.5 Å². The molecule has 116 valence electrons. The molecule has 1 rings (SSSR count). The quantitative estimate of drug-likeness (QED) is 0.582. The SMILES string of the molecule is C=C/C=C(\C=C)n1cc(C=O)nn1.C=CC=C.CC.CC. The highest BCUT2D eigenvalue weighted by molar-refractivity contribution is 5.71. The third-order valence-corrected chi connectivity index (χ3v) is 1.56. The van der Waals surface area contributed by atoms with Crippen molar-refractivity contribution in [2.45, 2.75) is 27.7 Å². The maximum absolute atomic E-state index is 10.3. The number of carbonyl (C=O) groups is 1. The Bertz CT molecular complexity index is 437. The maximum Gasteiger partial charge on any atom is 0.171 e. The monoisotopic (exact) mass is 289 g/mol. The zero-order valence-corrected chi connectivity index (χ0v) is 13.6. The van der Waals surface area contributed by atoms with Crippen LogP contribution in [-0.2, 0) is 0 Å². The van der Waals surface area contributed by atoms with Crippen LogP contribution in [0, 0.1) is 0 Å². The van der Waals surface area contributed by atoms with E-state index in [0.29, 0.717) is 6.29 Å². The second kappa shape index (κ2) is 19.8. The Hall–Kier alpha value is -2.49. The highest BCUT2D eigenvalue weighted by atomic mass is 16.1. The molecule has 1 aromatic rings. The topological polar surface area (TPSA) is 47.8 Å². The molecule has 1 aromatic heterocycles. The predicted octanol–water partition coefficient (Wildman–Crippen LogP) is 4.71. The van der Waals surface area contributed by atoms with Crippen LogP contribution in [0.1, 0.15) is 38.2 Å². The number of rotatable bonds is 5. The van der Waals surface area contributed by atoms with E-state index in [1.165, 1.54) is 10.9 Å². The number of nitrogens with zero attached hydrogens (tertiary/aromatic N) is 3. The molecule has 0 bridgehead atoms. The van der Waals surface area contributed by atoms with Gasteiger partial charge in [-0.3, -0.25) is 4.79 Å². The van der Waals surface area contributed by atoms with Crippen molar-refractivity contribution in [3.8, 4) is 0 Å². The molecule has 0 saturated carbocycles. The molecule has 0 saturated heterocycles. The second-order valence-corrected chi connectivity index (χ2v) is 2.71. The molecule has 0 amide bonds. The van der Waals surface area contributed by atoms with Gasteiger partial charge in [0.1, 0.15) is 5.69 Å². The predicted molar refractivity (Wildman–Crippen MR) is 93.2 cm³/mol. The summed E-state index contributed by atoms with van der Waals surface area (Å²) < 4.78 is 1.46. The Labute approximate surface area is 128 Å². The van der Waals surface area contributed by atoms with Gasteiger partial charge in [-0.2, -0.15) is 0 Å². The number of hydrogen-bond acceptors (Lipinski definition) is 3. The van der Waals surface area contributed by atoms with Crippen LogP contribution < -0.4 is 0 Å². The Morgan fingerprint density at radius 3 is 1.86 bits per heavy atom. The third-order valence-electron chi connectivity index (χ3n) is 1.56. The summed E-state index contributed by atoms with van der Waals surface area (Å²) in [4.78, 5) is 10.3. The summed E-state index contributed by atoms with van der Waals surface area (Å²) >= 11 is 0. The molecule has 4 heteroatoms. The van der Waals surface area contributed by atoms with E-state index in [1.807, 2.05) is 27.7 Å². The zero-order valence-electron chi connectivity index (χ0n) is 13.6. The van der Waals surface area contributed by atoms with E-state index in [1.54, 1.807) is 30.4 Å². The average molecular weight is 289 g/mol. The molecule has 0 fully saturated rings. The van der Waals surface area contributed by atoms with E-state index in [-0.39, 0.29) is 5.69 Å². The van der Waals surface area contributed by atoms with Gasteiger partial charge in [0.15, 0.2) is 6.29 Å². The van der Waals surface area contributed by atoms with E-state index in [9.17, 15) is 4.79 Å². The van der Waals surface area contributed by atoms with E-state index < -0.39 is 0 Å². The Morgan fingerprint density at radius 2 is 1.57 bits per heavy atom. The summed E-state index contributed by atoms with van der Waals surface area (Å²) in [6, 6.07) is 0. The van der Waals surface area contributed by atoms with Gasteiger partial charge in [-0.15, -0.1) is 5.10 Å². The van der Waals surface area contributed by atoms with Crippen molar-refractivity contribution in [3.05, 3.63) is 68.6 Å². The minimum atomic E-state index is 0.289. The molecule has 21 heavy (non-hydrogen) atoms. The highest BCUT2D eigenvalue weighted by Crippen LogP contribution is 2.03. The van der Waals surface area contributed by atoms with Gasteiger partial charge in [-0.25, -0.2) is 4.68 Å². The first-order valence-electron chi connectivity index (χ1n) is 6.80. The minimum Gasteiger partial charge on any atom is -0.296 e. The molecule has 0 unspecified atom stereocenters. The van der Waals surface area contributed by atoms with E-state index in [4.69, 9.17) is 0 Å². The lowest BCUT2D eigenvalue weighted by molar-refractivity contribution is 0.111. The molecule has 0 aliphatic carbocycles. The summed E-state index contributed by atoms with van der Waals surface area (Å²) in [6.07, 6.45) is 10.4. The summed E-state index contributed by atoms with van der Waals surface area (Å²) in [5, 5.41) is 7.33. The highest BCUT2D eigenvalue weighted by Gasteiger charge is 1.99. The van der Waals surface area contributed by atoms with Crippen LogP contribution in [0.2, 0.25) is 0 Å². The van der Waals surface area contributed by atoms with Crippen LogP contribution in [-0.4, -0.2) is 21.3 Å². The summed E-state index contributed by atoms with van der Waals surface area (Å²) in [5.74, 6) is 0. The van der Waals surface area contributed by atoms with Gasteiger partial charge in [0.05, 0.1) is 11.9 Å². The van der Waals surface area contributed by atoms with Gasteiger partial charge < -0.3 is 0 Å². The number of carbonyl (C=O) groups excluding carboxylic acids is 1. The summed E-state index contributed by atoms with van der Waals surface area (Å²) in [7, 11) is 0. The van der Waals surface area contributed by atoms with E-state index in [2.05, 4.69) is 36.6 Å². The fourth-order valence-electron chi connectivity index (χ4n) is 0.816. The first-order valence-corrected chi connectivity index (χ1v) is 6.80. The lowest BCUT2D eigenvalue weighted by Crippen LogP contribution is -1.94. The summed E-state index contributed by atoms with van der Waals surface area (Å²) in [6.45, 7) is 21.9. The average Bonchev–Trinajstić information content (AvgIpc) is 3.05. The molecule has 0 spiro atoms. The molecule has 4 nitrogen and oxygen atoms in total. The van der Waals surface area contributed by atoms with Gasteiger partial charge in [0.2, 0.25) is 0 Å². The largest absolute Gasteiger partial charge is 0.296 e. The van der Waals surface area contributed by atoms with Crippen molar-refractivity contribution < 1.29 is 4.79 Å². The van der Waals surface area contributed by atoms with Crippen molar-refractivity contribution >= 4 is 12.0 Å². The molecule has 0 radical (unpaired) electrons.